The van der Waals surface area contributed by atoms with Crippen molar-refractivity contribution in [1.29, 1.82) is 0 Å². The third-order valence-corrected chi connectivity index (χ3v) is 5.48. The van der Waals surface area contributed by atoms with E-state index in [-0.39, 0.29) is 22.5 Å². The van der Waals surface area contributed by atoms with Gasteiger partial charge in [-0.2, -0.15) is 0 Å². The normalized spacial score (nSPS) is 15.3. The van der Waals surface area contributed by atoms with Crippen LogP contribution in [0, 0.1) is 6.92 Å². The van der Waals surface area contributed by atoms with E-state index < -0.39 is 5.63 Å². The Morgan fingerprint density at radius 1 is 1.03 bits per heavy atom. The highest BCUT2D eigenvalue weighted by molar-refractivity contribution is 6.10. The van der Waals surface area contributed by atoms with Crippen LogP contribution in [0.25, 0.3) is 28.0 Å². The van der Waals surface area contributed by atoms with Gasteiger partial charge in [0.1, 0.15) is 17.2 Å². The van der Waals surface area contributed by atoms with Crippen molar-refractivity contribution in [3.05, 3.63) is 91.6 Å². The summed E-state index contributed by atoms with van der Waals surface area (Å²) in [5.74, 6) is 0.577. The second-order valence-electron chi connectivity index (χ2n) is 7.55. The Balaban J connectivity index is 1.91. The predicted molar refractivity (Wildman–Crippen MR) is 116 cm³/mol. The first-order valence-corrected chi connectivity index (χ1v) is 10.0. The summed E-state index contributed by atoms with van der Waals surface area (Å²) in [6.45, 7) is 3.72. The van der Waals surface area contributed by atoms with Gasteiger partial charge in [0.15, 0.2) is 16.6 Å². The van der Waals surface area contributed by atoms with Crippen LogP contribution in [0.4, 0.5) is 0 Å². The molecule has 0 bridgehead atoms. The molecule has 1 aliphatic rings. The molecule has 5 rings (SSSR count). The number of ether oxygens (including phenoxy) is 1. The molecule has 2 aromatic heterocycles. The number of hydrogen-bond acceptors (Lipinski definition) is 5. The minimum atomic E-state index is -0.487. The van der Waals surface area contributed by atoms with Gasteiger partial charge in [-0.05, 0) is 36.6 Å². The fraction of sp³-hybridized carbons (Fsp3) is 0.200. The van der Waals surface area contributed by atoms with Crippen LogP contribution in [0.2, 0.25) is 0 Å². The Bertz CT molecular complexity index is 1420. The lowest BCUT2D eigenvalue weighted by Crippen LogP contribution is -2.14. The van der Waals surface area contributed by atoms with Crippen molar-refractivity contribution in [3.8, 4) is 5.75 Å². The number of hydrogen-bond donors (Lipinski definition) is 0. The molecule has 0 saturated carbocycles. The van der Waals surface area contributed by atoms with Crippen molar-refractivity contribution in [2.45, 2.75) is 32.8 Å². The van der Waals surface area contributed by atoms with Crippen LogP contribution in [0.15, 0.2) is 67.2 Å². The molecule has 4 aromatic rings. The second-order valence-corrected chi connectivity index (χ2v) is 7.55. The molecule has 0 amide bonds. The fourth-order valence-corrected chi connectivity index (χ4v) is 4.08. The highest BCUT2D eigenvalue weighted by Crippen LogP contribution is 2.44. The number of benzene rings is 2. The van der Waals surface area contributed by atoms with Gasteiger partial charge in [0.25, 0.3) is 0 Å². The molecule has 1 aliphatic heterocycles. The zero-order chi connectivity index (χ0) is 20.8. The molecule has 30 heavy (non-hydrogen) atoms. The largest absolute Gasteiger partial charge is 0.480 e. The van der Waals surface area contributed by atoms with E-state index in [4.69, 9.17) is 13.6 Å². The summed E-state index contributed by atoms with van der Waals surface area (Å²) in [6.07, 6.45) is 6.52. The van der Waals surface area contributed by atoms with Crippen LogP contribution in [-0.2, 0) is 6.42 Å². The first kappa shape index (κ1) is 18.4. The minimum Gasteiger partial charge on any atom is -0.480 e. The molecular weight excluding hydrogens is 380 g/mol. The lowest BCUT2D eigenvalue weighted by Gasteiger charge is -2.24. The van der Waals surface area contributed by atoms with Crippen LogP contribution < -0.4 is 15.8 Å². The molecule has 1 unspecified atom stereocenters. The van der Waals surface area contributed by atoms with Crippen molar-refractivity contribution >= 4 is 28.0 Å². The number of rotatable bonds is 3. The standard InChI is InChI=1S/C25H20O5/c1-3-7-16-12-19(26)30-25-20(16)24-17(23-21(25)22(27)14(2)13-28-23)10-11-18(29-24)15-8-5-4-6-9-15/h4-6,8-13,18H,3,7H2,1-2H3. The zero-order valence-corrected chi connectivity index (χ0v) is 16.7. The van der Waals surface area contributed by atoms with Crippen LogP contribution in [0.1, 0.15) is 41.7 Å². The SMILES string of the molecule is CCCc1cc(=O)oc2c1c1c(c3occ(C)c(=O)c32)C=CC(c2ccccc2)O1. The van der Waals surface area contributed by atoms with Gasteiger partial charge in [0, 0.05) is 11.6 Å². The molecule has 5 heteroatoms. The van der Waals surface area contributed by atoms with Gasteiger partial charge >= 0.3 is 5.63 Å². The molecule has 1 atom stereocenters. The highest BCUT2D eigenvalue weighted by Gasteiger charge is 2.27. The summed E-state index contributed by atoms with van der Waals surface area (Å²) in [4.78, 5) is 25.3. The summed E-state index contributed by atoms with van der Waals surface area (Å²) in [5.41, 5.74) is 2.87. The van der Waals surface area contributed by atoms with Crippen molar-refractivity contribution in [2.24, 2.45) is 0 Å². The van der Waals surface area contributed by atoms with E-state index >= 15 is 0 Å². The van der Waals surface area contributed by atoms with Crippen LogP contribution in [0.5, 0.6) is 5.75 Å². The molecule has 0 fully saturated rings. The minimum absolute atomic E-state index is 0.209. The van der Waals surface area contributed by atoms with Gasteiger partial charge in [-0.1, -0.05) is 43.7 Å². The maximum Gasteiger partial charge on any atom is 0.336 e. The van der Waals surface area contributed by atoms with E-state index in [0.29, 0.717) is 34.3 Å². The average molecular weight is 400 g/mol. The van der Waals surface area contributed by atoms with Crippen molar-refractivity contribution in [1.82, 2.24) is 0 Å². The summed E-state index contributed by atoms with van der Waals surface area (Å²) in [5, 5.41) is 0.951. The van der Waals surface area contributed by atoms with E-state index in [9.17, 15) is 9.59 Å². The van der Waals surface area contributed by atoms with Gasteiger partial charge in [-0.25, -0.2) is 4.79 Å². The first-order chi connectivity index (χ1) is 14.6. The van der Waals surface area contributed by atoms with Gasteiger partial charge in [0.2, 0.25) is 0 Å². The highest BCUT2D eigenvalue weighted by atomic mass is 16.5. The van der Waals surface area contributed by atoms with Gasteiger partial charge < -0.3 is 13.6 Å². The maximum absolute atomic E-state index is 13.0. The quantitative estimate of drug-likeness (QED) is 0.344. The predicted octanol–water partition coefficient (Wildman–Crippen LogP) is 5.31. The van der Waals surface area contributed by atoms with E-state index in [1.165, 1.54) is 12.3 Å². The van der Waals surface area contributed by atoms with E-state index in [0.717, 1.165) is 17.5 Å². The smallest absolute Gasteiger partial charge is 0.336 e. The molecule has 0 spiro atoms. The second kappa shape index (κ2) is 7.02. The molecule has 5 nitrogen and oxygen atoms in total. The molecule has 3 heterocycles. The molecule has 0 aliphatic carbocycles. The van der Waals surface area contributed by atoms with Crippen LogP contribution in [0.3, 0.4) is 0 Å². The van der Waals surface area contributed by atoms with Crippen molar-refractivity contribution < 1.29 is 13.6 Å². The van der Waals surface area contributed by atoms with Gasteiger partial charge in [-0.3, -0.25) is 4.79 Å². The first-order valence-electron chi connectivity index (χ1n) is 10.0. The summed E-state index contributed by atoms with van der Waals surface area (Å²) < 4.78 is 17.8. The number of fused-ring (bicyclic) bond motifs is 6. The third-order valence-electron chi connectivity index (χ3n) is 5.48. The van der Waals surface area contributed by atoms with Gasteiger partial charge in [-0.15, -0.1) is 0 Å². The Labute approximate surface area is 172 Å². The number of aryl methyl sites for hydroxylation is 2. The Morgan fingerprint density at radius 3 is 2.60 bits per heavy atom. The third kappa shape index (κ3) is 2.77. The Hall–Kier alpha value is -3.60. The lowest BCUT2D eigenvalue weighted by molar-refractivity contribution is 0.254. The zero-order valence-electron chi connectivity index (χ0n) is 16.7. The maximum atomic E-state index is 13.0. The van der Waals surface area contributed by atoms with E-state index in [1.54, 1.807) is 6.92 Å². The molecule has 2 aromatic carbocycles. The van der Waals surface area contributed by atoms with Crippen molar-refractivity contribution in [2.75, 3.05) is 0 Å². The van der Waals surface area contributed by atoms with E-state index in [2.05, 4.69) is 0 Å². The lowest BCUT2D eigenvalue weighted by atomic mass is 9.95. The molecule has 0 N–H and O–H groups in total. The summed E-state index contributed by atoms with van der Waals surface area (Å²) >= 11 is 0. The summed E-state index contributed by atoms with van der Waals surface area (Å²) in [7, 11) is 0. The Morgan fingerprint density at radius 2 is 1.83 bits per heavy atom. The van der Waals surface area contributed by atoms with Gasteiger partial charge in [0.05, 0.1) is 17.2 Å². The van der Waals surface area contributed by atoms with Crippen LogP contribution >= 0.6 is 0 Å². The monoisotopic (exact) mass is 400 g/mol. The summed E-state index contributed by atoms with van der Waals surface area (Å²) in [6, 6.07) is 11.4. The average Bonchev–Trinajstić information content (AvgIpc) is 2.76. The fourth-order valence-electron chi connectivity index (χ4n) is 4.08. The van der Waals surface area contributed by atoms with Crippen molar-refractivity contribution in [3.63, 3.8) is 0 Å². The van der Waals surface area contributed by atoms with E-state index in [1.807, 2.05) is 49.4 Å². The molecule has 0 saturated heterocycles. The molecule has 0 radical (unpaired) electrons. The molecule has 150 valence electrons. The van der Waals surface area contributed by atoms with Crippen LogP contribution in [-0.4, -0.2) is 0 Å². The topological polar surface area (TPSA) is 69.7 Å². The molecular formula is C25H20O5. The Kier molecular flexibility index (Phi) is 4.31.